The zero-order valence-corrected chi connectivity index (χ0v) is 10.0. The third-order valence-corrected chi connectivity index (χ3v) is 2.13. The Balaban J connectivity index is 3.35. The van der Waals surface area contributed by atoms with Crippen LogP contribution in [0.25, 0.3) is 0 Å². The third kappa shape index (κ3) is 3.37. The lowest BCUT2D eigenvalue weighted by molar-refractivity contribution is -0.167. The molecule has 1 aromatic carbocycles. The normalized spacial score (nSPS) is 11.1. The summed E-state index contributed by atoms with van der Waals surface area (Å²) in [5.41, 5.74) is -1.98. The molecular formula is C11H9F4NO4. The molecule has 110 valence electrons. The molecular weight excluding hydrogens is 286 g/mol. The van der Waals surface area contributed by atoms with Crippen molar-refractivity contribution in [3.63, 3.8) is 0 Å². The Bertz CT molecular complexity index is 542. The van der Waals surface area contributed by atoms with Crippen molar-refractivity contribution in [2.24, 2.45) is 0 Å². The van der Waals surface area contributed by atoms with Gasteiger partial charge in [-0.25, -0.2) is 9.18 Å². The number of hydrogen-bond acceptors (Lipinski definition) is 3. The van der Waals surface area contributed by atoms with Gasteiger partial charge in [0.25, 0.3) is 0 Å². The van der Waals surface area contributed by atoms with E-state index in [4.69, 9.17) is 9.84 Å². The summed E-state index contributed by atoms with van der Waals surface area (Å²) in [6.45, 7) is 1.47. The molecule has 0 saturated carbocycles. The van der Waals surface area contributed by atoms with E-state index >= 15 is 0 Å². The average molecular weight is 295 g/mol. The van der Waals surface area contributed by atoms with E-state index in [9.17, 15) is 27.2 Å². The molecule has 0 heterocycles. The maximum absolute atomic E-state index is 13.4. The van der Waals surface area contributed by atoms with E-state index in [2.05, 4.69) is 0 Å². The van der Waals surface area contributed by atoms with Crippen molar-refractivity contribution in [3.8, 4) is 5.75 Å². The Morgan fingerprint density at radius 3 is 2.40 bits per heavy atom. The lowest BCUT2D eigenvalue weighted by atomic mass is 10.1. The van der Waals surface area contributed by atoms with Gasteiger partial charge in [-0.1, -0.05) is 0 Å². The first kappa shape index (κ1) is 15.7. The largest absolute Gasteiger partial charge is 0.492 e. The maximum Gasteiger partial charge on any atom is 0.471 e. The predicted octanol–water partition coefficient (Wildman–Crippen LogP) is 2.42. The van der Waals surface area contributed by atoms with Crippen molar-refractivity contribution in [1.29, 1.82) is 0 Å². The van der Waals surface area contributed by atoms with Crippen molar-refractivity contribution in [2.75, 3.05) is 11.9 Å². The number of ether oxygens (including phenoxy) is 1. The van der Waals surface area contributed by atoms with E-state index < -0.39 is 35.1 Å². The summed E-state index contributed by atoms with van der Waals surface area (Å²) in [5, 5.41) is 10.1. The van der Waals surface area contributed by atoms with Gasteiger partial charge in [0.2, 0.25) is 0 Å². The van der Waals surface area contributed by atoms with Gasteiger partial charge in [0.15, 0.2) is 0 Å². The number of halogens is 4. The fraction of sp³-hybridized carbons (Fsp3) is 0.273. The lowest BCUT2D eigenvalue weighted by Gasteiger charge is -2.15. The number of aromatic carboxylic acids is 1. The number of amides is 1. The van der Waals surface area contributed by atoms with Crippen LogP contribution >= 0.6 is 0 Å². The second kappa shape index (κ2) is 5.76. The summed E-state index contributed by atoms with van der Waals surface area (Å²) >= 11 is 0. The number of carbonyl (C=O) groups is 2. The van der Waals surface area contributed by atoms with Gasteiger partial charge < -0.3 is 15.2 Å². The van der Waals surface area contributed by atoms with Crippen LogP contribution in [0.3, 0.4) is 0 Å². The van der Waals surface area contributed by atoms with Crippen molar-refractivity contribution in [3.05, 3.63) is 23.5 Å². The Hall–Kier alpha value is -2.32. The van der Waals surface area contributed by atoms with Gasteiger partial charge in [-0.3, -0.25) is 4.79 Å². The monoisotopic (exact) mass is 295 g/mol. The molecule has 0 unspecified atom stereocenters. The Labute approximate surface area is 110 Å². The number of alkyl halides is 3. The number of rotatable bonds is 4. The van der Waals surface area contributed by atoms with E-state index in [1.807, 2.05) is 0 Å². The molecule has 0 saturated heterocycles. The van der Waals surface area contributed by atoms with Gasteiger partial charge in [0.1, 0.15) is 22.8 Å². The fourth-order valence-electron chi connectivity index (χ4n) is 1.35. The van der Waals surface area contributed by atoms with Crippen LogP contribution in [0.15, 0.2) is 12.1 Å². The number of carboxylic acids is 1. The number of hydrogen-bond donors (Lipinski definition) is 2. The smallest absolute Gasteiger partial charge is 0.471 e. The van der Waals surface area contributed by atoms with E-state index in [1.165, 1.54) is 12.2 Å². The van der Waals surface area contributed by atoms with E-state index in [-0.39, 0.29) is 12.4 Å². The number of carbonyl (C=O) groups excluding carboxylic acids is 1. The first-order valence-electron chi connectivity index (χ1n) is 5.25. The van der Waals surface area contributed by atoms with Crippen molar-refractivity contribution in [1.82, 2.24) is 0 Å². The zero-order valence-electron chi connectivity index (χ0n) is 10.0. The van der Waals surface area contributed by atoms with E-state index in [0.717, 1.165) is 12.1 Å². The topological polar surface area (TPSA) is 75.6 Å². The minimum atomic E-state index is -5.24. The van der Waals surface area contributed by atoms with Gasteiger partial charge >= 0.3 is 18.1 Å². The molecule has 2 N–H and O–H groups in total. The van der Waals surface area contributed by atoms with E-state index in [1.54, 1.807) is 0 Å². The quantitative estimate of drug-likeness (QED) is 0.836. The van der Waals surface area contributed by atoms with Gasteiger partial charge in [0.05, 0.1) is 6.61 Å². The second-order valence-electron chi connectivity index (χ2n) is 3.49. The van der Waals surface area contributed by atoms with Crippen LogP contribution in [0.1, 0.15) is 17.3 Å². The van der Waals surface area contributed by atoms with Crippen LogP contribution in [0.5, 0.6) is 5.75 Å². The van der Waals surface area contributed by atoms with Crippen LogP contribution in [-0.4, -0.2) is 29.8 Å². The maximum atomic E-state index is 13.4. The lowest BCUT2D eigenvalue weighted by Crippen LogP contribution is -2.31. The number of carboxylic acid groups (broad SMARTS) is 1. The Morgan fingerprint density at radius 2 is 1.95 bits per heavy atom. The summed E-state index contributed by atoms with van der Waals surface area (Å²) < 4.78 is 54.9. The van der Waals surface area contributed by atoms with Crippen LogP contribution in [0, 0.1) is 5.82 Å². The van der Waals surface area contributed by atoms with Crippen molar-refractivity contribution in [2.45, 2.75) is 13.1 Å². The molecule has 9 heteroatoms. The van der Waals surface area contributed by atoms with Gasteiger partial charge in [0, 0.05) is 0 Å². The first-order chi connectivity index (χ1) is 9.18. The highest BCUT2D eigenvalue weighted by Crippen LogP contribution is 2.32. The molecule has 0 aliphatic rings. The van der Waals surface area contributed by atoms with Crippen LogP contribution in [-0.2, 0) is 4.79 Å². The van der Waals surface area contributed by atoms with Crippen LogP contribution < -0.4 is 10.1 Å². The highest BCUT2D eigenvalue weighted by Gasteiger charge is 2.40. The third-order valence-electron chi connectivity index (χ3n) is 2.13. The summed E-state index contributed by atoms with van der Waals surface area (Å²) in [4.78, 5) is 21.8. The molecule has 0 spiro atoms. The first-order valence-corrected chi connectivity index (χ1v) is 5.25. The van der Waals surface area contributed by atoms with Crippen LogP contribution in [0.2, 0.25) is 0 Å². The van der Waals surface area contributed by atoms with Crippen molar-refractivity contribution >= 4 is 17.6 Å². The van der Waals surface area contributed by atoms with Gasteiger partial charge in [-0.2, -0.15) is 13.2 Å². The van der Waals surface area contributed by atoms with Gasteiger partial charge in [-0.15, -0.1) is 0 Å². The molecule has 0 radical (unpaired) electrons. The number of nitrogens with one attached hydrogen (secondary N) is 1. The minimum Gasteiger partial charge on any atom is -0.492 e. The molecule has 20 heavy (non-hydrogen) atoms. The Kier molecular flexibility index (Phi) is 4.53. The minimum absolute atomic E-state index is 0.0143. The molecule has 1 amide bonds. The zero-order chi connectivity index (χ0) is 15.5. The van der Waals surface area contributed by atoms with Crippen LogP contribution in [0.4, 0.5) is 23.2 Å². The molecule has 1 rings (SSSR count). The molecule has 0 aliphatic carbocycles. The summed E-state index contributed by atoms with van der Waals surface area (Å²) in [7, 11) is 0. The summed E-state index contributed by atoms with van der Waals surface area (Å²) in [6.07, 6.45) is -5.24. The molecule has 0 fully saturated rings. The second-order valence-corrected chi connectivity index (χ2v) is 3.49. The molecule has 0 aliphatic heterocycles. The highest BCUT2D eigenvalue weighted by atomic mass is 19.4. The molecule has 5 nitrogen and oxygen atoms in total. The predicted molar refractivity (Wildman–Crippen MR) is 59.2 cm³/mol. The SMILES string of the molecule is CCOc1ccc(F)c(C(=O)O)c1NC(=O)C(F)(F)F. The summed E-state index contributed by atoms with van der Waals surface area (Å²) in [6, 6.07) is 1.65. The number of anilines is 1. The number of benzene rings is 1. The average Bonchev–Trinajstić information content (AvgIpc) is 2.31. The Morgan fingerprint density at radius 1 is 1.35 bits per heavy atom. The van der Waals surface area contributed by atoms with Crippen molar-refractivity contribution < 1.29 is 37.0 Å². The molecule has 0 bridgehead atoms. The highest BCUT2D eigenvalue weighted by molar-refractivity contribution is 6.04. The molecule has 0 atom stereocenters. The fourth-order valence-corrected chi connectivity index (χ4v) is 1.35. The molecule has 1 aromatic rings. The summed E-state index contributed by atoms with van der Waals surface area (Å²) in [5.74, 6) is -5.92. The standard InChI is InChI=1S/C11H9F4NO4/c1-2-20-6-4-3-5(12)7(9(17)18)8(6)16-10(19)11(13,14)15/h3-4H,2H2,1H3,(H,16,19)(H,17,18). The van der Waals surface area contributed by atoms with E-state index in [0.29, 0.717) is 0 Å². The van der Waals surface area contributed by atoms with Gasteiger partial charge in [-0.05, 0) is 19.1 Å². The molecule has 0 aromatic heterocycles.